The van der Waals surface area contributed by atoms with Crippen molar-refractivity contribution in [3.05, 3.63) is 18.0 Å². The lowest BCUT2D eigenvalue weighted by Crippen LogP contribution is -1.99. The second kappa shape index (κ2) is 4.64. The van der Waals surface area contributed by atoms with Crippen molar-refractivity contribution in [2.24, 2.45) is 5.90 Å². The fourth-order valence-corrected chi connectivity index (χ4v) is 1.04. The summed E-state index contributed by atoms with van der Waals surface area (Å²) in [4.78, 5) is 8.36. The van der Waals surface area contributed by atoms with E-state index in [9.17, 15) is 0 Å². The summed E-state index contributed by atoms with van der Waals surface area (Å²) in [5, 5.41) is 11.3. The zero-order chi connectivity index (χ0) is 11.4. The molecule has 2 rings (SSSR count). The van der Waals surface area contributed by atoms with Gasteiger partial charge in [-0.1, -0.05) is 5.16 Å². The molecule has 0 amide bonds. The van der Waals surface area contributed by atoms with Gasteiger partial charge in [-0.05, 0) is 6.07 Å². The van der Waals surface area contributed by atoms with Gasteiger partial charge >= 0.3 is 0 Å². The molecule has 0 aromatic carbocycles. The van der Waals surface area contributed by atoms with Crippen molar-refractivity contribution in [3.63, 3.8) is 0 Å². The van der Waals surface area contributed by atoms with Crippen LogP contribution >= 0.6 is 0 Å². The topological polar surface area (TPSA) is 109 Å². The molecule has 2 aromatic heterocycles. The molecule has 0 bridgehead atoms. The van der Waals surface area contributed by atoms with E-state index in [1.807, 2.05) is 0 Å². The molecule has 0 fully saturated rings. The largest absolute Gasteiger partial charge is 0.480 e. The quantitative estimate of drug-likeness (QED) is 0.717. The number of nitrogens with two attached hydrogens (primary N) is 1. The molecule has 2 aromatic rings. The number of ether oxygens (including phenoxy) is 1. The van der Waals surface area contributed by atoms with Crippen LogP contribution < -0.4 is 10.6 Å². The molecule has 2 heterocycles. The third kappa shape index (κ3) is 2.12. The van der Waals surface area contributed by atoms with E-state index in [1.165, 1.54) is 7.11 Å². The van der Waals surface area contributed by atoms with E-state index >= 15 is 0 Å². The summed E-state index contributed by atoms with van der Waals surface area (Å²) < 4.78 is 9.73. The average molecular weight is 223 g/mol. The van der Waals surface area contributed by atoms with E-state index in [-0.39, 0.29) is 12.5 Å². The van der Waals surface area contributed by atoms with Gasteiger partial charge in [0.1, 0.15) is 12.3 Å². The predicted molar refractivity (Wildman–Crippen MR) is 50.9 cm³/mol. The van der Waals surface area contributed by atoms with E-state index in [4.69, 9.17) is 15.2 Å². The molecule has 8 heteroatoms. The zero-order valence-electron chi connectivity index (χ0n) is 8.45. The fraction of sp³-hybridized carbons (Fsp3) is 0.250. The van der Waals surface area contributed by atoms with Gasteiger partial charge in [-0.25, -0.2) is 5.90 Å². The van der Waals surface area contributed by atoms with Crippen molar-refractivity contribution in [2.75, 3.05) is 7.11 Å². The SMILES string of the molecule is COc1ccc(-c2noc(CON)n2)nn1. The van der Waals surface area contributed by atoms with E-state index in [0.29, 0.717) is 17.4 Å². The van der Waals surface area contributed by atoms with Crippen LogP contribution in [0.15, 0.2) is 16.7 Å². The van der Waals surface area contributed by atoms with Crippen molar-refractivity contribution in [1.82, 2.24) is 20.3 Å². The molecule has 16 heavy (non-hydrogen) atoms. The van der Waals surface area contributed by atoms with Gasteiger partial charge in [-0.2, -0.15) is 4.98 Å². The monoisotopic (exact) mass is 223 g/mol. The Kier molecular flexibility index (Phi) is 3.03. The third-order valence-corrected chi connectivity index (χ3v) is 1.75. The first kappa shape index (κ1) is 10.5. The number of aromatic nitrogens is 4. The summed E-state index contributed by atoms with van der Waals surface area (Å²) in [6.45, 7) is 0.0522. The average Bonchev–Trinajstić information content (AvgIpc) is 2.78. The first-order chi connectivity index (χ1) is 7.83. The minimum atomic E-state index is 0.0522. The molecule has 0 atom stereocenters. The summed E-state index contributed by atoms with van der Waals surface area (Å²) in [6, 6.07) is 3.32. The summed E-state index contributed by atoms with van der Waals surface area (Å²) in [7, 11) is 1.51. The van der Waals surface area contributed by atoms with Crippen LogP contribution in [-0.4, -0.2) is 27.4 Å². The molecular formula is C8H9N5O3. The smallest absolute Gasteiger partial charge is 0.255 e. The van der Waals surface area contributed by atoms with Gasteiger partial charge in [0.05, 0.1) is 7.11 Å². The Bertz CT molecular complexity index is 455. The minimum Gasteiger partial charge on any atom is -0.480 e. The maximum Gasteiger partial charge on any atom is 0.255 e. The van der Waals surface area contributed by atoms with Crippen molar-refractivity contribution >= 4 is 0 Å². The lowest BCUT2D eigenvalue weighted by molar-refractivity contribution is 0.0996. The van der Waals surface area contributed by atoms with Gasteiger partial charge in [0.2, 0.25) is 11.7 Å². The normalized spacial score (nSPS) is 10.4. The molecule has 84 valence electrons. The summed E-state index contributed by atoms with van der Waals surface area (Å²) in [6.07, 6.45) is 0. The standard InChI is InChI=1S/C8H9N5O3/c1-14-6-3-2-5(11-12-6)8-10-7(4-15-9)16-13-8/h2-3H,4,9H2,1H3. The second-order valence-corrected chi connectivity index (χ2v) is 2.78. The van der Waals surface area contributed by atoms with Crippen LogP contribution in [0.5, 0.6) is 5.88 Å². The predicted octanol–water partition coefficient (Wildman–Crippen LogP) is -0.0745. The Morgan fingerprint density at radius 1 is 1.38 bits per heavy atom. The van der Waals surface area contributed by atoms with Crippen LogP contribution in [0.4, 0.5) is 0 Å². The molecule has 0 spiro atoms. The second-order valence-electron chi connectivity index (χ2n) is 2.78. The van der Waals surface area contributed by atoms with E-state index in [1.54, 1.807) is 12.1 Å². The summed E-state index contributed by atoms with van der Waals surface area (Å²) in [5.74, 6) is 5.88. The number of methoxy groups -OCH3 is 1. The number of nitrogens with zero attached hydrogens (tertiary/aromatic N) is 4. The maximum atomic E-state index is 4.87. The highest BCUT2D eigenvalue weighted by Crippen LogP contribution is 2.14. The third-order valence-electron chi connectivity index (χ3n) is 1.75. The lowest BCUT2D eigenvalue weighted by Gasteiger charge is -1.96. The number of rotatable bonds is 4. The van der Waals surface area contributed by atoms with Crippen LogP contribution in [0.2, 0.25) is 0 Å². The van der Waals surface area contributed by atoms with Crippen LogP contribution in [0.1, 0.15) is 5.89 Å². The Morgan fingerprint density at radius 3 is 2.88 bits per heavy atom. The molecule has 0 aliphatic heterocycles. The van der Waals surface area contributed by atoms with Gasteiger partial charge in [0, 0.05) is 6.07 Å². The highest BCUT2D eigenvalue weighted by Gasteiger charge is 2.10. The van der Waals surface area contributed by atoms with Crippen LogP contribution in [-0.2, 0) is 11.4 Å². The molecule has 0 saturated carbocycles. The molecule has 0 aliphatic rings. The van der Waals surface area contributed by atoms with Crippen LogP contribution in [0.25, 0.3) is 11.5 Å². The molecule has 0 radical (unpaired) electrons. The van der Waals surface area contributed by atoms with Crippen molar-refractivity contribution < 1.29 is 14.1 Å². The van der Waals surface area contributed by atoms with E-state index < -0.39 is 0 Å². The highest BCUT2D eigenvalue weighted by atomic mass is 16.6. The van der Waals surface area contributed by atoms with Crippen molar-refractivity contribution in [2.45, 2.75) is 6.61 Å². The van der Waals surface area contributed by atoms with Crippen molar-refractivity contribution in [3.8, 4) is 17.4 Å². The Balaban J connectivity index is 2.21. The molecule has 0 aliphatic carbocycles. The molecular weight excluding hydrogens is 214 g/mol. The van der Waals surface area contributed by atoms with Gasteiger partial charge < -0.3 is 9.26 Å². The van der Waals surface area contributed by atoms with Gasteiger partial charge in [-0.3, -0.25) is 4.84 Å². The Hall–Kier alpha value is -2.06. The molecule has 8 nitrogen and oxygen atoms in total. The Morgan fingerprint density at radius 2 is 2.25 bits per heavy atom. The maximum absolute atomic E-state index is 4.87. The van der Waals surface area contributed by atoms with Crippen LogP contribution in [0.3, 0.4) is 0 Å². The lowest BCUT2D eigenvalue weighted by atomic mass is 10.4. The molecule has 0 saturated heterocycles. The van der Waals surface area contributed by atoms with Gasteiger partial charge in [-0.15, -0.1) is 10.2 Å². The zero-order valence-corrected chi connectivity index (χ0v) is 8.45. The first-order valence-electron chi connectivity index (χ1n) is 4.36. The number of hydrogen-bond donors (Lipinski definition) is 1. The first-order valence-corrected chi connectivity index (χ1v) is 4.36. The van der Waals surface area contributed by atoms with Crippen LogP contribution in [0, 0.1) is 0 Å². The Labute approximate surface area is 90.3 Å². The van der Waals surface area contributed by atoms with Crippen molar-refractivity contribution in [1.29, 1.82) is 0 Å². The number of hydrogen-bond acceptors (Lipinski definition) is 8. The van der Waals surface area contributed by atoms with Gasteiger partial charge in [0.25, 0.3) is 5.89 Å². The molecule has 0 unspecified atom stereocenters. The highest BCUT2D eigenvalue weighted by molar-refractivity contribution is 5.47. The van der Waals surface area contributed by atoms with E-state index in [2.05, 4.69) is 25.2 Å². The van der Waals surface area contributed by atoms with Gasteiger partial charge in [0.15, 0.2) is 0 Å². The summed E-state index contributed by atoms with van der Waals surface area (Å²) >= 11 is 0. The molecule has 2 N–H and O–H groups in total. The summed E-state index contributed by atoms with van der Waals surface area (Å²) in [5.41, 5.74) is 0.479. The fourth-order valence-electron chi connectivity index (χ4n) is 1.04. The van der Waals surface area contributed by atoms with E-state index in [0.717, 1.165) is 0 Å². The minimum absolute atomic E-state index is 0.0522.